The van der Waals surface area contributed by atoms with Crippen molar-refractivity contribution < 1.29 is 29.0 Å². The van der Waals surface area contributed by atoms with Crippen LogP contribution >= 0.6 is 23.2 Å². The second-order valence-electron chi connectivity index (χ2n) is 17.0. The number of piperazine rings is 1. The van der Waals surface area contributed by atoms with Crippen LogP contribution in [0, 0.1) is 34.6 Å². The summed E-state index contributed by atoms with van der Waals surface area (Å²) in [7, 11) is 3.40. The molecule has 15 heteroatoms. The quantitative estimate of drug-likeness (QED) is 0.113. The predicted molar refractivity (Wildman–Crippen MR) is 247 cm³/mol. The van der Waals surface area contributed by atoms with Crippen LogP contribution in [0.3, 0.4) is 0 Å². The molecule has 3 aromatic carbocycles. The molecule has 0 saturated carbocycles. The Bertz CT molecular complexity index is 2790. The van der Waals surface area contributed by atoms with Crippen LogP contribution < -0.4 is 9.64 Å². The summed E-state index contributed by atoms with van der Waals surface area (Å²) in [6, 6.07) is 13.1. The van der Waals surface area contributed by atoms with E-state index in [-0.39, 0.29) is 23.6 Å². The topological polar surface area (TPSA) is 135 Å². The summed E-state index contributed by atoms with van der Waals surface area (Å²) >= 11 is 13.7. The SMILES string of the molecule is COCCn1c(C(=O)O)cc2cc(C)cc(N3C[C@@H](C)n4c(c(CCCOc5cc(C)c(Cl)c(C)c5)c5ccc(Cl)c(-c6c(C)nc(CN7CCN(C)C(=O)C7)nc6C)c54)C3=O)c21. The fourth-order valence-corrected chi connectivity index (χ4v) is 9.85. The van der Waals surface area contributed by atoms with Crippen LogP contribution in [-0.2, 0) is 29.0 Å². The summed E-state index contributed by atoms with van der Waals surface area (Å²) in [6.45, 7) is 15.3. The molecule has 1 fully saturated rings. The Morgan fingerprint density at radius 3 is 2.30 bits per heavy atom. The third kappa shape index (κ3) is 8.16. The maximum Gasteiger partial charge on any atom is 0.352 e. The highest BCUT2D eigenvalue weighted by Gasteiger charge is 2.38. The van der Waals surface area contributed by atoms with E-state index in [9.17, 15) is 14.7 Å². The largest absolute Gasteiger partial charge is 0.494 e. The number of nitrogens with zero attached hydrogens (tertiary/aromatic N) is 7. The number of hydrogen-bond acceptors (Lipinski definition) is 8. The minimum atomic E-state index is -1.06. The number of carbonyl (C=O) groups excluding carboxylic acids is 2. The van der Waals surface area contributed by atoms with Crippen LogP contribution in [0.25, 0.3) is 32.9 Å². The number of aromatic nitrogens is 4. The van der Waals surface area contributed by atoms with Gasteiger partial charge in [0, 0.05) is 84.7 Å². The zero-order chi connectivity index (χ0) is 45.0. The summed E-state index contributed by atoms with van der Waals surface area (Å²) in [6.07, 6.45) is 1.12. The molecule has 2 aliphatic heterocycles. The molecule has 1 N–H and O–H groups in total. The summed E-state index contributed by atoms with van der Waals surface area (Å²) in [5, 5.41) is 13.1. The molecule has 2 aliphatic rings. The van der Waals surface area contributed by atoms with E-state index in [2.05, 4.69) is 16.4 Å². The van der Waals surface area contributed by atoms with Crippen molar-refractivity contribution in [3.63, 3.8) is 0 Å². The van der Waals surface area contributed by atoms with Gasteiger partial charge in [0.2, 0.25) is 5.91 Å². The summed E-state index contributed by atoms with van der Waals surface area (Å²) in [4.78, 5) is 56.2. The highest BCUT2D eigenvalue weighted by molar-refractivity contribution is 6.35. The molecule has 330 valence electrons. The first-order valence-corrected chi connectivity index (χ1v) is 22.1. The second kappa shape index (κ2) is 17.6. The Morgan fingerprint density at radius 1 is 0.921 bits per heavy atom. The van der Waals surface area contributed by atoms with E-state index in [1.807, 2.05) is 78.1 Å². The van der Waals surface area contributed by atoms with Crippen LogP contribution in [0.15, 0.2) is 42.5 Å². The van der Waals surface area contributed by atoms with Crippen LogP contribution in [0.5, 0.6) is 5.75 Å². The number of ether oxygens (including phenoxy) is 2. The highest BCUT2D eigenvalue weighted by atomic mass is 35.5. The van der Waals surface area contributed by atoms with Gasteiger partial charge in [-0.1, -0.05) is 29.3 Å². The first kappa shape index (κ1) is 44.1. The van der Waals surface area contributed by atoms with Gasteiger partial charge in [-0.05, 0) is 113 Å². The molecule has 63 heavy (non-hydrogen) atoms. The summed E-state index contributed by atoms with van der Waals surface area (Å²) in [5.74, 6) is 0.177. The van der Waals surface area contributed by atoms with Crippen molar-refractivity contribution >= 4 is 68.5 Å². The molecule has 3 aromatic heterocycles. The summed E-state index contributed by atoms with van der Waals surface area (Å²) in [5.41, 5.74) is 9.50. The van der Waals surface area contributed by atoms with Crippen molar-refractivity contribution in [1.82, 2.24) is 28.9 Å². The molecule has 13 nitrogen and oxygen atoms in total. The van der Waals surface area contributed by atoms with Crippen molar-refractivity contribution in [2.24, 2.45) is 0 Å². The lowest BCUT2D eigenvalue weighted by molar-refractivity contribution is -0.134. The Hall–Kier alpha value is -5.47. The second-order valence-corrected chi connectivity index (χ2v) is 17.8. The van der Waals surface area contributed by atoms with Crippen molar-refractivity contribution in [2.45, 2.75) is 73.5 Å². The van der Waals surface area contributed by atoms with Gasteiger partial charge < -0.3 is 33.5 Å². The van der Waals surface area contributed by atoms with Crippen LogP contribution in [0.4, 0.5) is 5.69 Å². The van der Waals surface area contributed by atoms with E-state index < -0.39 is 5.97 Å². The maximum absolute atomic E-state index is 15.5. The molecule has 0 unspecified atom stereocenters. The molecule has 8 rings (SSSR count). The molecule has 0 bridgehead atoms. The monoisotopic (exact) mass is 893 g/mol. The summed E-state index contributed by atoms with van der Waals surface area (Å²) < 4.78 is 15.6. The van der Waals surface area contributed by atoms with Gasteiger partial charge in [-0.3, -0.25) is 14.5 Å². The van der Waals surface area contributed by atoms with E-state index in [1.165, 1.54) is 0 Å². The fourth-order valence-electron chi connectivity index (χ4n) is 9.50. The van der Waals surface area contributed by atoms with Crippen LogP contribution in [0.2, 0.25) is 10.0 Å². The van der Waals surface area contributed by atoms with Gasteiger partial charge in [-0.2, -0.15) is 0 Å². The number of methoxy groups -OCH3 is 1. The third-order valence-electron chi connectivity index (χ3n) is 12.4. The number of aryl methyl sites for hydroxylation is 6. The number of halogens is 2. The molecule has 5 heterocycles. The van der Waals surface area contributed by atoms with Crippen molar-refractivity contribution in [1.29, 1.82) is 0 Å². The Labute approximate surface area is 377 Å². The van der Waals surface area contributed by atoms with Gasteiger partial charge in [-0.15, -0.1) is 0 Å². The first-order chi connectivity index (χ1) is 30.1. The van der Waals surface area contributed by atoms with Gasteiger partial charge >= 0.3 is 5.97 Å². The minimum absolute atomic E-state index is 0.0689. The zero-order valence-corrected chi connectivity index (χ0v) is 38.6. The van der Waals surface area contributed by atoms with Crippen LogP contribution in [0.1, 0.15) is 79.8 Å². The number of carboxylic acids is 1. The molecule has 0 spiro atoms. The number of hydrogen-bond donors (Lipinski definition) is 1. The molecule has 1 saturated heterocycles. The molecule has 0 radical (unpaired) electrons. The third-order valence-corrected chi connectivity index (χ3v) is 13.3. The van der Waals surface area contributed by atoms with Gasteiger partial charge in [0.25, 0.3) is 5.91 Å². The lowest BCUT2D eigenvalue weighted by Crippen LogP contribution is -2.48. The number of anilines is 1. The average Bonchev–Trinajstić information content (AvgIpc) is 3.77. The number of rotatable bonds is 13. The van der Waals surface area contributed by atoms with E-state index in [0.29, 0.717) is 91.5 Å². The number of fused-ring (bicyclic) bond motifs is 4. The molecular formula is C48H53Cl2N7O6. The molecule has 6 aromatic rings. The number of benzene rings is 3. The zero-order valence-electron chi connectivity index (χ0n) is 37.1. The van der Waals surface area contributed by atoms with E-state index in [0.717, 1.165) is 73.4 Å². The first-order valence-electron chi connectivity index (χ1n) is 21.3. The molecule has 1 atom stereocenters. The van der Waals surface area contributed by atoms with Gasteiger partial charge in [-0.25, -0.2) is 14.8 Å². The van der Waals surface area contributed by atoms with Gasteiger partial charge in [0.05, 0.1) is 48.0 Å². The Morgan fingerprint density at radius 2 is 1.63 bits per heavy atom. The smallest absolute Gasteiger partial charge is 0.352 e. The lowest BCUT2D eigenvalue weighted by Gasteiger charge is -2.35. The molecule has 2 amide bonds. The number of carbonyl (C=O) groups is 3. The molecular weight excluding hydrogens is 841 g/mol. The number of aromatic carboxylic acids is 1. The van der Waals surface area contributed by atoms with Gasteiger partial charge in [0.15, 0.2) is 0 Å². The normalized spacial score (nSPS) is 15.9. The van der Waals surface area contributed by atoms with E-state index >= 15 is 4.79 Å². The highest BCUT2D eigenvalue weighted by Crippen LogP contribution is 2.46. The van der Waals surface area contributed by atoms with E-state index in [4.69, 9.17) is 42.6 Å². The van der Waals surface area contributed by atoms with Crippen molar-refractivity contribution in [3.8, 4) is 16.9 Å². The fraction of sp³-hybridized carbons (Fsp3) is 0.396. The Balaban J connectivity index is 1.26. The standard InChI is InChI=1S/C48H53Cl2N7O6/c1-26-18-32-22-38(48(60)61)55(15-17-62-8)44(32)37(19-26)56-23-29(4)57-45-35(34(46(57)47(56)59)10-9-16-63-33-20-27(2)43(50)28(3)21-33)11-12-36(49)42(45)41-30(5)51-39(52-31(41)6)24-54-14-13-53(7)40(58)25-54/h11-12,18-22,29H,9-10,13-17,23-25H2,1-8H3,(H,60,61)/t29-/m1/s1. The number of amides is 2. The number of likely N-dealkylation sites (N-methyl/N-ethyl adjacent to an activating group) is 1. The number of carboxylic acid groups (broad SMARTS) is 1. The average molecular weight is 895 g/mol. The van der Waals surface area contributed by atoms with Gasteiger partial charge in [0.1, 0.15) is 23.0 Å². The predicted octanol–water partition coefficient (Wildman–Crippen LogP) is 8.75. The maximum atomic E-state index is 15.5. The van der Waals surface area contributed by atoms with Crippen molar-refractivity contribution in [2.75, 3.05) is 58.5 Å². The molecule has 0 aliphatic carbocycles. The lowest BCUT2D eigenvalue weighted by atomic mass is 9.97. The minimum Gasteiger partial charge on any atom is -0.494 e. The van der Waals surface area contributed by atoms with Crippen LogP contribution in [-0.4, -0.2) is 105 Å². The van der Waals surface area contributed by atoms with Crippen molar-refractivity contribution in [3.05, 3.63) is 103 Å². The Kier molecular flexibility index (Phi) is 12.3. The van der Waals surface area contributed by atoms with E-state index in [1.54, 1.807) is 27.5 Å².